The van der Waals surface area contributed by atoms with Crippen LogP contribution >= 0.6 is 0 Å². The maximum Gasteiger partial charge on any atom is 0.306 e. The van der Waals surface area contributed by atoms with Gasteiger partial charge in [0, 0.05) is 26.1 Å². The summed E-state index contributed by atoms with van der Waals surface area (Å²) in [6, 6.07) is 0. The van der Waals surface area contributed by atoms with Gasteiger partial charge in [-0.2, -0.15) is 0 Å². The van der Waals surface area contributed by atoms with Crippen LogP contribution < -0.4 is 0 Å². The van der Waals surface area contributed by atoms with Gasteiger partial charge in [-0.1, -0.05) is 6.92 Å². The molecule has 0 spiro atoms. The number of carboxylic acids is 1. The van der Waals surface area contributed by atoms with Crippen LogP contribution in [0.1, 0.15) is 6.92 Å². The molecule has 1 aliphatic heterocycles. The van der Waals surface area contributed by atoms with Crippen LogP contribution in [-0.2, 0) is 14.3 Å². The molecule has 1 unspecified atom stereocenters. The van der Waals surface area contributed by atoms with Crippen molar-refractivity contribution in [1.29, 1.82) is 0 Å². The quantitative estimate of drug-likeness (QED) is 0.684. The van der Waals surface area contributed by atoms with E-state index in [1.54, 1.807) is 11.8 Å². The summed E-state index contributed by atoms with van der Waals surface area (Å²) in [5.74, 6) is -1.15. The van der Waals surface area contributed by atoms with E-state index in [4.69, 9.17) is 9.84 Å². The van der Waals surface area contributed by atoms with E-state index in [1.807, 2.05) is 0 Å². The van der Waals surface area contributed by atoms with Crippen molar-refractivity contribution in [3.8, 4) is 0 Å². The van der Waals surface area contributed by atoms with E-state index < -0.39 is 5.97 Å². The molecule has 5 nitrogen and oxygen atoms in total. The third-order valence-corrected chi connectivity index (χ3v) is 2.63. The second-order valence-corrected chi connectivity index (χ2v) is 3.62. The van der Waals surface area contributed by atoms with Crippen LogP contribution in [0.25, 0.3) is 0 Å². The molecule has 1 rings (SSSR count). The first-order chi connectivity index (χ1) is 6.56. The lowest BCUT2D eigenvalue weighted by molar-refractivity contribution is -0.152. The van der Waals surface area contributed by atoms with Gasteiger partial charge in [0.15, 0.2) is 0 Å². The number of methoxy groups -OCH3 is 1. The number of rotatable bonds is 4. The molecule has 1 aliphatic rings. The molecule has 0 aromatic heterocycles. The minimum Gasteiger partial charge on any atom is -0.481 e. The van der Waals surface area contributed by atoms with Gasteiger partial charge in [0.2, 0.25) is 5.91 Å². The molecule has 1 fully saturated rings. The molecule has 80 valence electrons. The molecule has 0 aromatic rings. The van der Waals surface area contributed by atoms with Gasteiger partial charge in [-0.3, -0.25) is 9.59 Å². The van der Waals surface area contributed by atoms with E-state index in [1.165, 1.54) is 7.11 Å². The van der Waals surface area contributed by atoms with Crippen LogP contribution in [0.5, 0.6) is 0 Å². The molecule has 1 amide bonds. The zero-order valence-electron chi connectivity index (χ0n) is 8.40. The van der Waals surface area contributed by atoms with Crippen molar-refractivity contribution in [2.24, 2.45) is 11.8 Å². The first kappa shape index (κ1) is 11.0. The van der Waals surface area contributed by atoms with Crippen LogP contribution in [0.4, 0.5) is 0 Å². The number of carbonyl (C=O) groups excluding carboxylic acids is 1. The number of nitrogens with zero attached hydrogens (tertiary/aromatic N) is 1. The van der Waals surface area contributed by atoms with Gasteiger partial charge in [0.1, 0.15) is 6.61 Å². The predicted molar refractivity (Wildman–Crippen MR) is 48.7 cm³/mol. The molecule has 5 heteroatoms. The number of hydrogen-bond acceptors (Lipinski definition) is 3. The second kappa shape index (κ2) is 4.41. The van der Waals surface area contributed by atoms with E-state index in [2.05, 4.69) is 0 Å². The molecule has 0 radical (unpaired) electrons. The highest BCUT2D eigenvalue weighted by atomic mass is 16.5. The first-order valence-electron chi connectivity index (χ1n) is 4.55. The summed E-state index contributed by atoms with van der Waals surface area (Å²) in [7, 11) is 1.47. The van der Waals surface area contributed by atoms with Gasteiger partial charge in [-0.25, -0.2) is 0 Å². The van der Waals surface area contributed by atoms with Crippen molar-refractivity contribution < 1.29 is 19.4 Å². The Morgan fingerprint density at radius 2 is 2.14 bits per heavy atom. The maximum atomic E-state index is 11.2. The maximum absolute atomic E-state index is 11.2. The lowest BCUT2D eigenvalue weighted by atomic mass is 9.87. The van der Waals surface area contributed by atoms with E-state index >= 15 is 0 Å². The average molecular weight is 201 g/mol. The minimum absolute atomic E-state index is 0.0682. The van der Waals surface area contributed by atoms with Crippen molar-refractivity contribution in [2.75, 3.05) is 26.8 Å². The number of hydrogen-bond donors (Lipinski definition) is 1. The summed E-state index contributed by atoms with van der Waals surface area (Å²) < 4.78 is 4.70. The van der Waals surface area contributed by atoms with Gasteiger partial charge in [-0.15, -0.1) is 0 Å². The number of ether oxygens (including phenoxy) is 1. The molecular formula is C9H15NO4. The van der Waals surface area contributed by atoms with Crippen molar-refractivity contribution in [2.45, 2.75) is 6.92 Å². The van der Waals surface area contributed by atoms with Crippen molar-refractivity contribution in [3.05, 3.63) is 0 Å². The number of amides is 1. The summed E-state index contributed by atoms with van der Waals surface area (Å²) in [5.41, 5.74) is 0. The fourth-order valence-electron chi connectivity index (χ4n) is 1.45. The summed E-state index contributed by atoms with van der Waals surface area (Å²) in [5, 5.41) is 8.72. The molecule has 1 atom stereocenters. The molecule has 0 aromatic carbocycles. The smallest absolute Gasteiger partial charge is 0.306 e. The van der Waals surface area contributed by atoms with E-state index in [-0.39, 0.29) is 24.3 Å². The molecule has 1 N–H and O–H groups in total. The van der Waals surface area contributed by atoms with Crippen LogP contribution in [0.3, 0.4) is 0 Å². The number of carbonyl (C=O) groups is 2. The Balaban J connectivity index is 2.29. The fraction of sp³-hybridized carbons (Fsp3) is 0.778. The van der Waals surface area contributed by atoms with Gasteiger partial charge in [0.05, 0.1) is 5.92 Å². The van der Waals surface area contributed by atoms with Gasteiger partial charge in [0.25, 0.3) is 0 Å². The zero-order chi connectivity index (χ0) is 10.7. The molecule has 1 saturated heterocycles. The summed E-state index contributed by atoms with van der Waals surface area (Å²) >= 11 is 0. The Morgan fingerprint density at radius 1 is 1.57 bits per heavy atom. The largest absolute Gasteiger partial charge is 0.481 e. The molecule has 1 heterocycles. The van der Waals surface area contributed by atoms with Crippen molar-refractivity contribution in [3.63, 3.8) is 0 Å². The van der Waals surface area contributed by atoms with E-state index in [0.29, 0.717) is 13.1 Å². The number of aliphatic carboxylic acids is 1. The Hall–Kier alpha value is -1.10. The third-order valence-electron chi connectivity index (χ3n) is 2.63. The molecular weight excluding hydrogens is 186 g/mol. The van der Waals surface area contributed by atoms with Gasteiger partial charge >= 0.3 is 5.97 Å². The molecule has 0 aliphatic carbocycles. The predicted octanol–water partition coefficient (Wildman–Crippen LogP) is -0.188. The minimum atomic E-state index is -0.797. The highest BCUT2D eigenvalue weighted by Gasteiger charge is 2.36. The SMILES string of the molecule is COCC(=O)N1CC(C(C)C(=O)O)C1. The van der Waals surface area contributed by atoms with Gasteiger partial charge < -0.3 is 14.7 Å². The summed E-state index contributed by atoms with van der Waals surface area (Å²) in [6.07, 6.45) is 0. The Labute approximate surface area is 82.6 Å². The number of likely N-dealkylation sites (tertiary alicyclic amines) is 1. The average Bonchev–Trinajstić information content (AvgIpc) is 2.01. The third kappa shape index (κ3) is 2.23. The van der Waals surface area contributed by atoms with Crippen molar-refractivity contribution >= 4 is 11.9 Å². The highest BCUT2D eigenvalue weighted by molar-refractivity contribution is 5.79. The lowest BCUT2D eigenvalue weighted by Gasteiger charge is -2.41. The Morgan fingerprint density at radius 3 is 2.57 bits per heavy atom. The van der Waals surface area contributed by atoms with Crippen molar-refractivity contribution in [1.82, 2.24) is 4.90 Å². The van der Waals surface area contributed by atoms with E-state index in [9.17, 15) is 9.59 Å². The summed E-state index contributed by atoms with van der Waals surface area (Å²) in [4.78, 5) is 23.4. The summed E-state index contributed by atoms with van der Waals surface area (Å²) in [6.45, 7) is 2.82. The van der Waals surface area contributed by atoms with Crippen LogP contribution in [-0.4, -0.2) is 48.7 Å². The lowest BCUT2D eigenvalue weighted by Crippen LogP contribution is -2.54. The number of carboxylic acid groups (broad SMARTS) is 1. The van der Waals surface area contributed by atoms with Crippen LogP contribution in [0, 0.1) is 11.8 Å². The second-order valence-electron chi connectivity index (χ2n) is 3.62. The molecule has 0 bridgehead atoms. The van der Waals surface area contributed by atoms with Crippen LogP contribution in [0.2, 0.25) is 0 Å². The fourth-order valence-corrected chi connectivity index (χ4v) is 1.45. The molecule has 0 saturated carbocycles. The molecule has 14 heavy (non-hydrogen) atoms. The zero-order valence-corrected chi connectivity index (χ0v) is 8.40. The standard InChI is InChI=1S/C9H15NO4/c1-6(9(12)13)7-3-10(4-7)8(11)5-14-2/h6-7H,3-5H2,1-2H3,(H,12,13). The van der Waals surface area contributed by atoms with Crippen LogP contribution in [0.15, 0.2) is 0 Å². The Kier molecular flexibility index (Phi) is 3.46. The monoisotopic (exact) mass is 201 g/mol. The van der Waals surface area contributed by atoms with E-state index in [0.717, 1.165) is 0 Å². The highest BCUT2D eigenvalue weighted by Crippen LogP contribution is 2.23. The Bertz CT molecular complexity index is 235. The first-order valence-corrected chi connectivity index (χ1v) is 4.55. The van der Waals surface area contributed by atoms with Gasteiger partial charge in [-0.05, 0) is 0 Å². The normalized spacial score (nSPS) is 18.9. The topological polar surface area (TPSA) is 66.8 Å².